The molecule has 4 rings (SSSR count). The third kappa shape index (κ3) is 3.24. The summed E-state index contributed by atoms with van der Waals surface area (Å²) in [6.45, 7) is 1.07. The molecule has 2 aromatic rings. The largest absolute Gasteiger partial charge is 0.326 e. The molecule has 1 heterocycles. The van der Waals surface area contributed by atoms with Crippen LogP contribution in [0.5, 0.6) is 0 Å². The van der Waals surface area contributed by atoms with Crippen molar-refractivity contribution < 1.29 is 9.59 Å². The fraction of sp³-hybridized carbons (Fsp3) is 0.250. The number of nitrogens with one attached hydrogen (secondary N) is 2. The Hall–Kier alpha value is -3.33. The average molecular weight is 346 g/mol. The molecular weight excluding hydrogens is 328 g/mol. The number of amides is 2. The fourth-order valence-electron chi connectivity index (χ4n) is 3.13. The number of anilines is 2. The summed E-state index contributed by atoms with van der Waals surface area (Å²) in [5.74, 6) is -0.112. The minimum Gasteiger partial charge on any atom is -0.326 e. The van der Waals surface area contributed by atoms with Crippen LogP contribution in [0.2, 0.25) is 0 Å². The van der Waals surface area contributed by atoms with Gasteiger partial charge in [0.05, 0.1) is 13.1 Å². The first-order chi connectivity index (χ1) is 12.6. The molecule has 6 heteroatoms. The Balaban J connectivity index is 1.50. The number of benzene rings is 2. The van der Waals surface area contributed by atoms with Gasteiger partial charge in [0.15, 0.2) is 6.19 Å². The van der Waals surface area contributed by atoms with E-state index in [0.717, 1.165) is 29.7 Å². The third-order valence-corrected chi connectivity index (χ3v) is 4.71. The van der Waals surface area contributed by atoms with Gasteiger partial charge in [-0.25, -0.2) is 0 Å². The van der Waals surface area contributed by atoms with Crippen LogP contribution in [0.25, 0.3) is 0 Å². The van der Waals surface area contributed by atoms with Crippen molar-refractivity contribution in [2.24, 2.45) is 5.92 Å². The van der Waals surface area contributed by atoms with E-state index in [1.54, 1.807) is 29.2 Å². The van der Waals surface area contributed by atoms with E-state index in [1.165, 1.54) is 0 Å². The van der Waals surface area contributed by atoms with E-state index in [1.807, 2.05) is 18.2 Å². The van der Waals surface area contributed by atoms with Crippen LogP contribution in [0.1, 0.15) is 34.3 Å². The number of carbonyl (C=O) groups is 2. The zero-order chi connectivity index (χ0) is 18.1. The lowest BCUT2D eigenvalue weighted by atomic mass is 10.1. The highest BCUT2D eigenvalue weighted by Gasteiger charge is 2.29. The van der Waals surface area contributed by atoms with E-state index in [-0.39, 0.29) is 17.7 Å². The molecule has 0 unspecified atom stereocenters. The first-order valence-electron chi connectivity index (χ1n) is 8.62. The summed E-state index contributed by atoms with van der Waals surface area (Å²) in [5, 5.41) is 14.9. The van der Waals surface area contributed by atoms with E-state index in [0.29, 0.717) is 24.3 Å². The highest BCUT2D eigenvalue weighted by atomic mass is 16.2. The minimum absolute atomic E-state index is 0.0139. The topological polar surface area (TPSA) is 85.2 Å². The van der Waals surface area contributed by atoms with Crippen molar-refractivity contribution in [1.29, 1.82) is 5.26 Å². The summed E-state index contributed by atoms with van der Waals surface area (Å²) < 4.78 is 0. The van der Waals surface area contributed by atoms with Crippen molar-refractivity contribution in [1.82, 2.24) is 4.90 Å². The highest BCUT2D eigenvalue weighted by molar-refractivity contribution is 6.06. The van der Waals surface area contributed by atoms with Crippen LogP contribution in [0.15, 0.2) is 42.5 Å². The van der Waals surface area contributed by atoms with Crippen LogP contribution in [-0.2, 0) is 17.9 Å². The first kappa shape index (κ1) is 16.2. The van der Waals surface area contributed by atoms with E-state index in [4.69, 9.17) is 5.26 Å². The second-order valence-electron chi connectivity index (χ2n) is 6.70. The molecule has 26 heavy (non-hydrogen) atoms. The maximum absolute atomic E-state index is 12.6. The molecule has 1 aliphatic heterocycles. The molecule has 2 aliphatic rings. The standard InChI is InChI=1S/C20H18N4O2/c21-12-24-10-15-4-2-6-18(17(15)11-24)23-20(26)14-3-1-5-16(9-14)22-19(25)13-7-8-13/h1-6,9,13H,7-8,10-11H2,(H,22,25)(H,23,26). The number of hydrogen-bond donors (Lipinski definition) is 2. The molecule has 0 radical (unpaired) electrons. The summed E-state index contributed by atoms with van der Waals surface area (Å²) in [7, 11) is 0. The summed E-state index contributed by atoms with van der Waals surface area (Å²) in [6.07, 6.45) is 4.01. The van der Waals surface area contributed by atoms with Gasteiger partial charge >= 0.3 is 0 Å². The SMILES string of the molecule is N#CN1Cc2cccc(NC(=O)c3cccc(NC(=O)C4CC4)c3)c2C1. The molecular formula is C20H18N4O2. The summed E-state index contributed by atoms with van der Waals surface area (Å²) in [6, 6.07) is 12.6. The number of nitrogens with zero attached hydrogens (tertiary/aromatic N) is 2. The maximum Gasteiger partial charge on any atom is 0.255 e. The van der Waals surface area contributed by atoms with Crippen LogP contribution in [0.4, 0.5) is 11.4 Å². The van der Waals surface area contributed by atoms with Gasteiger partial charge in [-0.2, -0.15) is 5.26 Å². The molecule has 0 atom stereocenters. The van der Waals surface area contributed by atoms with E-state index in [9.17, 15) is 9.59 Å². The molecule has 130 valence electrons. The smallest absolute Gasteiger partial charge is 0.255 e. The molecule has 2 N–H and O–H groups in total. The van der Waals surface area contributed by atoms with Crippen LogP contribution in [0.3, 0.4) is 0 Å². The number of rotatable bonds is 4. The molecule has 6 nitrogen and oxygen atoms in total. The molecule has 0 aromatic heterocycles. The van der Waals surface area contributed by atoms with Gasteiger partial charge in [0, 0.05) is 28.4 Å². The Labute approximate surface area is 151 Å². The molecule has 2 aromatic carbocycles. The number of carbonyl (C=O) groups excluding carboxylic acids is 2. The normalized spacial score (nSPS) is 15.1. The van der Waals surface area contributed by atoms with E-state index in [2.05, 4.69) is 16.8 Å². The van der Waals surface area contributed by atoms with Gasteiger partial charge in [-0.3, -0.25) is 9.59 Å². The number of fused-ring (bicyclic) bond motifs is 1. The second kappa shape index (κ2) is 6.52. The molecule has 0 saturated heterocycles. The lowest BCUT2D eigenvalue weighted by molar-refractivity contribution is -0.117. The van der Waals surface area contributed by atoms with E-state index < -0.39 is 0 Å². The minimum atomic E-state index is -0.240. The predicted octanol–water partition coefficient (Wildman–Crippen LogP) is 3.08. The van der Waals surface area contributed by atoms with Crippen molar-refractivity contribution in [3.8, 4) is 6.19 Å². The Morgan fingerprint density at radius 1 is 1.08 bits per heavy atom. The van der Waals surface area contributed by atoms with Gasteiger partial charge in [-0.15, -0.1) is 0 Å². The molecule has 2 amide bonds. The monoisotopic (exact) mass is 346 g/mol. The second-order valence-corrected chi connectivity index (χ2v) is 6.70. The summed E-state index contributed by atoms with van der Waals surface area (Å²) in [4.78, 5) is 26.2. The van der Waals surface area contributed by atoms with Gasteiger partial charge in [-0.1, -0.05) is 18.2 Å². The number of hydrogen-bond acceptors (Lipinski definition) is 4. The van der Waals surface area contributed by atoms with E-state index >= 15 is 0 Å². The van der Waals surface area contributed by atoms with Crippen LogP contribution in [0, 0.1) is 17.4 Å². The quantitative estimate of drug-likeness (QED) is 0.833. The molecule has 1 saturated carbocycles. The lowest BCUT2D eigenvalue weighted by Gasteiger charge is -2.11. The Bertz CT molecular complexity index is 928. The predicted molar refractivity (Wildman–Crippen MR) is 97.1 cm³/mol. The molecule has 0 bridgehead atoms. The molecule has 1 fully saturated rings. The van der Waals surface area contributed by atoms with Crippen molar-refractivity contribution in [2.75, 3.05) is 10.6 Å². The summed E-state index contributed by atoms with van der Waals surface area (Å²) in [5.41, 5.74) is 3.85. The van der Waals surface area contributed by atoms with Gasteiger partial charge in [-0.05, 0) is 42.7 Å². The van der Waals surface area contributed by atoms with Crippen LogP contribution < -0.4 is 10.6 Å². The van der Waals surface area contributed by atoms with Gasteiger partial charge in [0.25, 0.3) is 5.91 Å². The average Bonchev–Trinajstić information content (AvgIpc) is 3.41. The zero-order valence-electron chi connectivity index (χ0n) is 14.2. The van der Waals surface area contributed by atoms with Crippen molar-refractivity contribution in [3.05, 3.63) is 59.2 Å². The van der Waals surface area contributed by atoms with Crippen LogP contribution in [-0.4, -0.2) is 16.7 Å². The maximum atomic E-state index is 12.6. The molecule has 0 spiro atoms. The van der Waals surface area contributed by atoms with Gasteiger partial charge < -0.3 is 15.5 Å². The van der Waals surface area contributed by atoms with Crippen molar-refractivity contribution in [2.45, 2.75) is 25.9 Å². The highest BCUT2D eigenvalue weighted by Crippen LogP contribution is 2.31. The summed E-state index contributed by atoms with van der Waals surface area (Å²) >= 11 is 0. The fourth-order valence-corrected chi connectivity index (χ4v) is 3.13. The first-order valence-corrected chi connectivity index (χ1v) is 8.62. The van der Waals surface area contributed by atoms with Gasteiger partial charge in [0.1, 0.15) is 0 Å². The lowest BCUT2D eigenvalue weighted by Crippen LogP contribution is -2.16. The molecule has 1 aliphatic carbocycles. The van der Waals surface area contributed by atoms with Crippen LogP contribution >= 0.6 is 0 Å². The Kier molecular flexibility index (Phi) is 4.05. The van der Waals surface area contributed by atoms with Crippen molar-refractivity contribution >= 4 is 23.2 Å². The van der Waals surface area contributed by atoms with Gasteiger partial charge in [0.2, 0.25) is 5.91 Å². The number of nitriles is 1. The third-order valence-electron chi connectivity index (χ3n) is 4.71. The van der Waals surface area contributed by atoms with Crippen molar-refractivity contribution in [3.63, 3.8) is 0 Å². The zero-order valence-corrected chi connectivity index (χ0v) is 14.2. The Morgan fingerprint density at radius 2 is 1.88 bits per heavy atom. The Morgan fingerprint density at radius 3 is 2.65 bits per heavy atom.